The number of methoxy groups -OCH3 is 1. The molecule has 78 valence electrons. The third kappa shape index (κ3) is 2.28. The van der Waals surface area contributed by atoms with Gasteiger partial charge in [-0.15, -0.1) is 0 Å². The second-order valence-electron chi connectivity index (χ2n) is 3.17. The van der Waals surface area contributed by atoms with Crippen molar-refractivity contribution in [3.8, 4) is 5.75 Å². The second kappa shape index (κ2) is 4.04. The van der Waals surface area contributed by atoms with Crippen molar-refractivity contribution in [1.82, 2.24) is 0 Å². The Balaban J connectivity index is 2.07. The van der Waals surface area contributed by atoms with Gasteiger partial charge in [-0.2, -0.15) is 0 Å². The van der Waals surface area contributed by atoms with Crippen molar-refractivity contribution in [2.24, 2.45) is 0 Å². The predicted octanol–water partition coefficient (Wildman–Crippen LogP) is 1.90. The average Bonchev–Trinajstić information content (AvgIpc) is 2.64. The third-order valence-corrected chi connectivity index (χ3v) is 2.04. The molecule has 1 N–H and O–H groups in total. The summed E-state index contributed by atoms with van der Waals surface area (Å²) >= 11 is 0. The summed E-state index contributed by atoms with van der Waals surface area (Å²) in [5.41, 5.74) is 1.63. The normalized spacial score (nSPS) is 14.5. The maximum absolute atomic E-state index is 10.8. The summed E-state index contributed by atoms with van der Waals surface area (Å²) in [6.45, 7) is 0. The fourth-order valence-electron chi connectivity index (χ4n) is 1.34. The van der Waals surface area contributed by atoms with Crippen LogP contribution in [0.4, 0.5) is 5.69 Å². The number of anilines is 1. The van der Waals surface area contributed by atoms with Gasteiger partial charge in [0.25, 0.3) is 0 Å². The summed E-state index contributed by atoms with van der Waals surface area (Å²) in [7, 11) is 1.61. The van der Waals surface area contributed by atoms with Gasteiger partial charge in [0.05, 0.1) is 19.2 Å². The molecule has 0 aliphatic carbocycles. The molecule has 4 nitrogen and oxygen atoms in total. The Morgan fingerprint density at radius 1 is 1.47 bits per heavy atom. The molecule has 0 atom stereocenters. The summed E-state index contributed by atoms with van der Waals surface area (Å²) in [6, 6.07) is 7.48. The van der Waals surface area contributed by atoms with Gasteiger partial charge in [0.15, 0.2) is 0 Å². The number of esters is 1. The van der Waals surface area contributed by atoms with Crippen LogP contribution in [0.2, 0.25) is 0 Å². The van der Waals surface area contributed by atoms with Gasteiger partial charge in [-0.25, -0.2) is 0 Å². The van der Waals surface area contributed by atoms with Crippen LogP contribution in [0.1, 0.15) is 6.42 Å². The highest BCUT2D eigenvalue weighted by atomic mass is 16.5. The van der Waals surface area contributed by atoms with Crippen LogP contribution in [0.15, 0.2) is 36.2 Å². The number of hydrogen-bond donors (Lipinski definition) is 1. The highest BCUT2D eigenvalue weighted by molar-refractivity contribution is 5.77. The SMILES string of the molecule is COc1cccc(NC2=COC(=O)C2)c1. The first-order valence-electron chi connectivity index (χ1n) is 4.57. The molecule has 0 aromatic heterocycles. The Morgan fingerprint density at radius 2 is 2.33 bits per heavy atom. The minimum Gasteiger partial charge on any atom is -0.497 e. The number of cyclic esters (lactones) is 1. The van der Waals surface area contributed by atoms with Crippen molar-refractivity contribution in [2.75, 3.05) is 12.4 Å². The molecule has 0 amide bonds. The van der Waals surface area contributed by atoms with Crippen LogP contribution in [-0.4, -0.2) is 13.1 Å². The summed E-state index contributed by atoms with van der Waals surface area (Å²) < 4.78 is 9.78. The van der Waals surface area contributed by atoms with Gasteiger partial charge in [0.1, 0.15) is 12.0 Å². The number of carbonyl (C=O) groups is 1. The van der Waals surface area contributed by atoms with Crippen LogP contribution in [0.3, 0.4) is 0 Å². The van der Waals surface area contributed by atoms with E-state index in [0.29, 0.717) is 0 Å². The molecule has 1 aliphatic rings. The monoisotopic (exact) mass is 205 g/mol. The molecular weight excluding hydrogens is 194 g/mol. The number of rotatable bonds is 3. The lowest BCUT2D eigenvalue weighted by Gasteiger charge is -2.06. The number of hydrogen-bond acceptors (Lipinski definition) is 4. The van der Waals surface area contributed by atoms with E-state index in [1.165, 1.54) is 6.26 Å². The smallest absolute Gasteiger partial charge is 0.316 e. The zero-order valence-electron chi connectivity index (χ0n) is 8.32. The molecule has 1 aliphatic heterocycles. The standard InChI is InChI=1S/C11H11NO3/c1-14-10-4-2-3-8(5-10)12-9-6-11(13)15-7-9/h2-5,7,12H,6H2,1H3. The van der Waals surface area contributed by atoms with Crippen molar-refractivity contribution in [2.45, 2.75) is 6.42 Å². The van der Waals surface area contributed by atoms with E-state index in [0.717, 1.165) is 17.1 Å². The van der Waals surface area contributed by atoms with Gasteiger partial charge in [-0.3, -0.25) is 4.79 Å². The van der Waals surface area contributed by atoms with Gasteiger partial charge in [-0.05, 0) is 12.1 Å². The van der Waals surface area contributed by atoms with E-state index < -0.39 is 0 Å². The number of nitrogens with one attached hydrogen (secondary N) is 1. The fraction of sp³-hybridized carbons (Fsp3) is 0.182. The number of benzene rings is 1. The molecule has 0 bridgehead atoms. The molecule has 0 saturated carbocycles. The van der Waals surface area contributed by atoms with Crippen molar-refractivity contribution in [3.05, 3.63) is 36.2 Å². The van der Waals surface area contributed by atoms with Crippen LogP contribution < -0.4 is 10.1 Å². The van der Waals surface area contributed by atoms with E-state index in [2.05, 4.69) is 5.32 Å². The van der Waals surface area contributed by atoms with Crippen LogP contribution in [-0.2, 0) is 9.53 Å². The van der Waals surface area contributed by atoms with Gasteiger partial charge in [0.2, 0.25) is 0 Å². The molecule has 0 radical (unpaired) electrons. The lowest BCUT2D eigenvalue weighted by molar-refractivity contribution is -0.135. The van der Waals surface area contributed by atoms with Crippen LogP contribution in [0.25, 0.3) is 0 Å². The Kier molecular flexibility index (Phi) is 2.58. The largest absolute Gasteiger partial charge is 0.497 e. The average molecular weight is 205 g/mol. The fourth-order valence-corrected chi connectivity index (χ4v) is 1.34. The highest BCUT2D eigenvalue weighted by Crippen LogP contribution is 2.20. The molecule has 1 aromatic rings. The molecule has 15 heavy (non-hydrogen) atoms. The Labute approximate surface area is 87.5 Å². The first-order chi connectivity index (χ1) is 7.28. The molecule has 0 saturated heterocycles. The molecule has 1 heterocycles. The Hall–Kier alpha value is -1.97. The van der Waals surface area contributed by atoms with Gasteiger partial charge in [-0.1, -0.05) is 6.07 Å². The quantitative estimate of drug-likeness (QED) is 0.765. The lowest BCUT2D eigenvalue weighted by Crippen LogP contribution is -1.99. The second-order valence-corrected chi connectivity index (χ2v) is 3.17. The van der Waals surface area contributed by atoms with Crippen LogP contribution >= 0.6 is 0 Å². The minimum atomic E-state index is -0.236. The van der Waals surface area contributed by atoms with E-state index in [9.17, 15) is 4.79 Å². The predicted molar refractivity (Wildman–Crippen MR) is 55.4 cm³/mol. The lowest BCUT2D eigenvalue weighted by atomic mass is 10.2. The topological polar surface area (TPSA) is 47.6 Å². The Morgan fingerprint density at radius 3 is 3.00 bits per heavy atom. The van der Waals surface area contributed by atoms with Crippen LogP contribution in [0, 0.1) is 0 Å². The summed E-state index contributed by atoms with van der Waals surface area (Å²) in [5.74, 6) is 0.534. The zero-order chi connectivity index (χ0) is 10.7. The van der Waals surface area contributed by atoms with Gasteiger partial charge >= 0.3 is 5.97 Å². The van der Waals surface area contributed by atoms with Gasteiger partial charge in [0, 0.05) is 11.8 Å². The highest BCUT2D eigenvalue weighted by Gasteiger charge is 2.14. The Bertz CT molecular complexity index is 412. The molecular formula is C11H11NO3. The van der Waals surface area contributed by atoms with E-state index in [-0.39, 0.29) is 12.4 Å². The van der Waals surface area contributed by atoms with Crippen molar-refractivity contribution < 1.29 is 14.3 Å². The molecule has 2 rings (SSSR count). The molecule has 0 spiro atoms. The number of carbonyl (C=O) groups excluding carboxylic acids is 1. The first kappa shape index (κ1) is 9.58. The maximum Gasteiger partial charge on any atom is 0.316 e. The minimum absolute atomic E-state index is 0.236. The van der Waals surface area contributed by atoms with E-state index in [1.54, 1.807) is 7.11 Å². The molecule has 0 fully saturated rings. The first-order valence-corrected chi connectivity index (χ1v) is 4.57. The zero-order valence-corrected chi connectivity index (χ0v) is 8.32. The molecule has 1 aromatic carbocycles. The summed E-state index contributed by atoms with van der Waals surface area (Å²) in [4.78, 5) is 10.8. The van der Waals surface area contributed by atoms with E-state index in [1.807, 2.05) is 24.3 Å². The van der Waals surface area contributed by atoms with Crippen molar-refractivity contribution in [1.29, 1.82) is 0 Å². The van der Waals surface area contributed by atoms with Crippen molar-refractivity contribution in [3.63, 3.8) is 0 Å². The summed E-state index contributed by atoms with van der Waals surface area (Å²) in [5, 5.41) is 3.08. The summed E-state index contributed by atoms with van der Waals surface area (Å²) in [6.07, 6.45) is 1.72. The molecule has 0 unspecified atom stereocenters. The van der Waals surface area contributed by atoms with E-state index in [4.69, 9.17) is 9.47 Å². The number of ether oxygens (including phenoxy) is 2. The van der Waals surface area contributed by atoms with Gasteiger partial charge < -0.3 is 14.8 Å². The van der Waals surface area contributed by atoms with Crippen LogP contribution in [0.5, 0.6) is 5.75 Å². The maximum atomic E-state index is 10.8. The third-order valence-electron chi connectivity index (χ3n) is 2.04. The van der Waals surface area contributed by atoms with Crippen molar-refractivity contribution >= 4 is 11.7 Å². The molecule has 4 heteroatoms. The van der Waals surface area contributed by atoms with E-state index >= 15 is 0 Å².